The largest absolute Gasteiger partial charge is 0.496 e. The SMILES string of the molecule is COc1ccccc1[C@]1(O)C[C@H](C)C[C@H]2CN(C(=O)[C@@H](C)c3ccccc3N(C)C)C[C@H]21. The van der Waals surface area contributed by atoms with Gasteiger partial charge in [0.05, 0.1) is 18.6 Å². The van der Waals surface area contributed by atoms with Crippen LogP contribution in [0.1, 0.15) is 43.7 Å². The fourth-order valence-corrected chi connectivity index (χ4v) is 6.09. The Kier molecular flexibility index (Phi) is 6.22. The molecule has 1 aliphatic heterocycles. The van der Waals surface area contributed by atoms with Gasteiger partial charge in [0.15, 0.2) is 0 Å². The number of likely N-dealkylation sites (tertiary alicyclic amines) is 1. The van der Waals surface area contributed by atoms with E-state index in [9.17, 15) is 9.90 Å². The molecule has 5 nitrogen and oxygen atoms in total. The van der Waals surface area contributed by atoms with Crippen LogP contribution in [-0.4, -0.2) is 50.2 Å². The molecule has 1 saturated heterocycles. The van der Waals surface area contributed by atoms with Crippen LogP contribution < -0.4 is 9.64 Å². The number of nitrogens with zero attached hydrogens (tertiary/aromatic N) is 2. The minimum Gasteiger partial charge on any atom is -0.496 e. The zero-order valence-corrected chi connectivity index (χ0v) is 19.9. The molecule has 2 fully saturated rings. The van der Waals surface area contributed by atoms with Gasteiger partial charge >= 0.3 is 0 Å². The Labute approximate surface area is 192 Å². The van der Waals surface area contributed by atoms with Crippen LogP contribution in [0.3, 0.4) is 0 Å². The lowest BCUT2D eigenvalue weighted by molar-refractivity contribution is -0.132. The summed E-state index contributed by atoms with van der Waals surface area (Å²) in [5.74, 6) is 1.31. The number of methoxy groups -OCH3 is 1. The predicted molar refractivity (Wildman–Crippen MR) is 128 cm³/mol. The van der Waals surface area contributed by atoms with Crippen molar-refractivity contribution in [1.29, 1.82) is 0 Å². The van der Waals surface area contributed by atoms with Crippen molar-refractivity contribution in [3.8, 4) is 5.75 Å². The van der Waals surface area contributed by atoms with Gasteiger partial charge in [-0.05, 0) is 49.3 Å². The standard InChI is InChI=1S/C27H36N2O3/c1-18-14-20-16-29(26(30)19(2)21-10-6-8-12-24(21)28(3)4)17-23(20)27(31,15-18)22-11-7-9-13-25(22)32-5/h6-13,18-20,23,31H,14-17H2,1-5H3/t18-,19+,20+,23-,27-/m1/s1. The van der Waals surface area contributed by atoms with Crippen LogP contribution in [0.15, 0.2) is 48.5 Å². The van der Waals surface area contributed by atoms with Gasteiger partial charge in [-0.25, -0.2) is 0 Å². The summed E-state index contributed by atoms with van der Waals surface area (Å²) in [6, 6.07) is 15.9. The number of hydrogen-bond donors (Lipinski definition) is 1. The minimum absolute atomic E-state index is 0.00948. The van der Waals surface area contributed by atoms with Crippen molar-refractivity contribution in [1.82, 2.24) is 4.90 Å². The number of aliphatic hydroxyl groups is 1. The molecule has 1 N–H and O–H groups in total. The summed E-state index contributed by atoms with van der Waals surface area (Å²) < 4.78 is 5.61. The van der Waals surface area contributed by atoms with Crippen molar-refractivity contribution in [3.05, 3.63) is 59.7 Å². The maximum Gasteiger partial charge on any atom is 0.229 e. The summed E-state index contributed by atoms with van der Waals surface area (Å²) in [6.07, 6.45) is 1.73. The Morgan fingerprint density at radius 2 is 1.84 bits per heavy atom. The first-order valence-electron chi connectivity index (χ1n) is 11.7. The van der Waals surface area contributed by atoms with E-state index < -0.39 is 5.60 Å². The Balaban J connectivity index is 1.62. The highest BCUT2D eigenvalue weighted by Crippen LogP contribution is 2.52. The lowest BCUT2D eigenvalue weighted by Crippen LogP contribution is -2.45. The predicted octanol–water partition coefficient (Wildman–Crippen LogP) is 4.26. The number of para-hydroxylation sites is 2. The van der Waals surface area contributed by atoms with Crippen LogP contribution in [-0.2, 0) is 10.4 Å². The van der Waals surface area contributed by atoms with Gasteiger partial charge in [0, 0.05) is 44.4 Å². The third-order valence-electron chi connectivity index (χ3n) is 7.56. The zero-order chi connectivity index (χ0) is 23.0. The van der Waals surface area contributed by atoms with Gasteiger partial charge in [-0.15, -0.1) is 0 Å². The van der Waals surface area contributed by atoms with E-state index in [4.69, 9.17) is 4.74 Å². The van der Waals surface area contributed by atoms with Crippen LogP contribution in [0.4, 0.5) is 5.69 Å². The second-order valence-electron chi connectivity index (χ2n) is 9.95. The van der Waals surface area contributed by atoms with Crippen molar-refractivity contribution in [2.45, 2.75) is 38.2 Å². The summed E-state index contributed by atoms with van der Waals surface area (Å²) in [5.41, 5.74) is 1.98. The fraction of sp³-hybridized carbons (Fsp3) is 0.519. The van der Waals surface area contributed by atoms with Gasteiger partial charge in [0.1, 0.15) is 5.75 Å². The first-order chi connectivity index (χ1) is 15.3. The highest BCUT2D eigenvalue weighted by atomic mass is 16.5. The summed E-state index contributed by atoms with van der Waals surface area (Å²) in [6.45, 7) is 5.50. The molecule has 2 aliphatic rings. The third kappa shape index (κ3) is 3.88. The average molecular weight is 437 g/mol. The molecule has 32 heavy (non-hydrogen) atoms. The second kappa shape index (κ2) is 8.78. The van der Waals surface area contributed by atoms with Gasteiger partial charge in [0.2, 0.25) is 5.91 Å². The summed E-state index contributed by atoms with van der Waals surface area (Å²) >= 11 is 0. The molecule has 1 saturated carbocycles. The topological polar surface area (TPSA) is 53.0 Å². The maximum atomic E-state index is 13.6. The lowest BCUT2D eigenvalue weighted by atomic mass is 9.64. The quantitative estimate of drug-likeness (QED) is 0.761. The Morgan fingerprint density at radius 3 is 2.56 bits per heavy atom. The van der Waals surface area contributed by atoms with Gasteiger partial charge in [0.25, 0.3) is 0 Å². The number of hydrogen-bond acceptors (Lipinski definition) is 4. The molecule has 1 aliphatic carbocycles. The van der Waals surface area contributed by atoms with Crippen molar-refractivity contribution in [2.75, 3.05) is 39.2 Å². The average Bonchev–Trinajstić information content (AvgIpc) is 3.22. The molecule has 2 aromatic carbocycles. The summed E-state index contributed by atoms with van der Waals surface area (Å²) in [4.78, 5) is 17.7. The minimum atomic E-state index is -0.991. The van der Waals surface area contributed by atoms with Gasteiger partial charge in [-0.1, -0.05) is 43.3 Å². The molecule has 1 amide bonds. The van der Waals surface area contributed by atoms with Crippen molar-refractivity contribution in [3.63, 3.8) is 0 Å². The molecule has 1 heterocycles. The maximum absolute atomic E-state index is 13.6. The highest BCUT2D eigenvalue weighted by Gasteiger charge is 2.53. The molecule has 5 heteroatoms. The molecule has 0 bridgehead atoms. The van der Waals surface area contributed by atoms with Crippen LogP contribution in [0, 0.1) is 17.8 Å². The molecular formula is C27H36N2O3. The molecule has 5 atom stereocenters. The smallest absolute Gasteiger partial charge is 0.229 e. The van der Waals surface area contributed by atoms with E-state index in [1.807, 2.05) is 68.4 Å². The second-order valence-corrected chi connectivity index (χ2v) is 9.95. The molecule has 4 rings (SSSR count). The van der Waals surface area contributed by atoms with Crippen LogP contribution in [0.2, 0.25) is 0 Å². The molecule has 0 spiro atoms. The first kappa shape index (κ1) is 22.7. The van der Waals surface area contributed by atoms with E-state index in [-0.39, 0.29) is 23.7 Å². The van der Waals surface area contributed by atoms with Crippen LogP contribution >= 0.6 is 0 Å². The van der Waals surface area contributed by atoms with Crippen LogP contribution in [0.25, 0.3) is 0 Å². The number of benzene rings is 2. The molecule has 172 valence electrons. The van der Waals surface area contributed by atoms with Crippen molar-refractivity contribution in [2.24, 2.45) is 17.8 Å². The summed E-state index contributed by atoms with van der Waals surface area (Å²) in [5, 5.41) is 12.0. The number of fused-ring (bicyclic) bond motifs is 1. The monoisotopic (exact) mass is 436 g/mol. The Hall–Kier alpha value is -2.53. The van der Waals surface area contributed by atoms with E-state index >= 15 is 0 Å². The third-order valence-corrected chi connectivity index (χ3v) is 7.56. The van der Waals surface area contributed by atoms with E-state index in [0.717, 1.165) is 29.0 Å². The fourth-order valence-electron chi connectivity index (χ4n) is 6.09. The Morgan fingerprint density at radius 1 is 1.16 bits per heavy atom. The molecule has 2 aromatic rings. The number of anilines is 1. The lowest BCUT2D eigenvalue weighted by Gasteiger charge is -2.44. The summed E-state index contributed by atoms with van der Waals surface area (Å²) in [7, 11) is 5.67. The number of carbonyl (C=O) groups is 1. The zero-order valence-electron chi connectivity index (χ0n) is 19.9. The first-order valence-corrected chi connectivity index (χ1v) is 11.7. The normalized spacial score (nSPS) is 28.2. The van der Waals surface area contributed by atoms with Crippen molar-refractivity contribution >= 4 is 11.6 Å². The number of amides is 1. The van der Waals surface area contributed by atoms with Gasteiger partial charge in [-0.2, -0.15) is 0 Å². The molecule has 0 radical (unpaired) electrons. The number of rotatable bonds is 5. The highest BCUT2D eigenvalue weighted by molar-refractivity contribution is 5.85. The molecule has 0 aromatic heterocycles. The number of carbonyl (C=O) groups excluding carboxylic acids is 1. The molecule has 0 unspecified atom stereocenters. The Bertz CT molecular complexity index is 975. The molecular weight excluding hydrogens is 400 g/mol. The van der Waals surface area contributed by atoms with E-state index in [0.29, 0.717) is 25.4 Å². The number of ether oxygens (including phenoxy) is 1. The van der Waals surface area contributed by atoms with E-state index in [1.165, 1.54) is 0 Å². The van der Waals surface area contributed by atoms with Crippen molar-refractivity contribution < 1.29 is 14.6 Å². The van der Waals surface area contributed by atoms with E-state index in [1.54, 1.807) is 7.11 Å². The van der Waals surface area contributed by atoms with Gasteiger partial charge in [-0.3, -0.25) is 4.79 Å². The van der Waals surface area contributed by atoms with E-state index in [2.05, 4.69) is 17.9 Å². The van der Waals surface area contributed by atoms with Crippen LogP contribution in [0.5, 0.6) is 5.75 Å². The van der Waals surface area contributed by atoms with Gasteiger partial charge < -0.3 is 19.6 Å².